The molecule has 20 heavy (non-hydrogen) atoms. The normalized spacial score (nSPS) is 28.6. The van der Waals surface area contributed by atoms with Gasteiger partial charge in [0.05, 0.1) is 18.8 Å². The van der Waals surface area contributed by atoms with Crippen molar-refractivity contribution in [2.75, 3.05) is 46.4 Å². The maximum atomic E-state index is 12.5. The van der Waals surface area contributed by atoms with E-state index in [9.17, 15) is 4.79 Å². The highest BCUT2D eigenvalue weighted by Crippen LogP contribution is 2.33. The Morgan fingerprint density at radius 3 is 3.10 bits per heavy atom. The summed E-state index contributed by atoms with van der Waals surface area (Å²) < 4.78 is 5.80. The Labute approximate surface area is 124 Å². The third-order valence-corrected chi connectivity index (χ3v) is 5.03. The van der Waals surface area contributed by atoms with E-state index in [1.54, 1.807) is 11.3 Å². The highest BCUT2D eigenvalue weighted by molar-refractivity contribution is 7.08. The van der Waals surface area contributed by atoms with Crippen molar-refractivity contribution in [3.8, 4) is 0 Å². The lowest BCUT2D eigenvalue weighted by Crippen LogP contribution is -2.51. The molecule has 0 N–H and O–H groups in total. The van der Waals surface area contributed by atoms with E-state index in [4.69, 9.17) is 4.74 Å². The van der Waals surface area contributed by atoms with E-state index in [0.717, 1.165) is 57.8 Å². The van der Waals surface area contributed by atoms with Gasteiger partial charge in [0.1, 0.15) is 0 Å². The van der Waals surface area contributed by atoms with Gasteiger partial charge in [0.15, 0.2) is 0 Å². The molecule has 1 amide bonds. The summed E-state index contributed by atoms with van der Waals surface area (Å²) in [6.45, 7) is 5.30. The second kappa shape index (κ2) is 5.84. The summed E-state index contributed by atoms with van der Waals surface area (Å²) in [6.07, 6.45) is 2.23. The summed E-state index contributed by atoms with van der Waals surface area (Å²) >= 11 is 1.58. The quantitative estimate of drug-likeness (QED) is 0.793. The van der Waals surface area contributed by atoms with Crippen molar-refractivity contribution in [2.45, 2.75) is 12.8 Å². The average Bonchev–Trinajstić information content (AvgIpc) is 2.91. The summed E-state index contributed by atoms with van der Waals surface area (Å²) in [5, 5.41) is 3.91. The molecule has 0 saturated carbocycles. The van der Waals surface area contributed by atoms with Gasteiger partial charge in [-0.15, -0.1) is 0 Å². The molecule has 0 unspecified atom stereocenters. The van der Waals surface area contributed by atoms with Crippen LogP contribution in [-0.4, -0.2) is 62.1 Å². The number of hydrogen-bond acceptors (Lipinski definition) is 4. The van der Waals surface area contributed by atoms with Crippen LogP contribution >= 0.6 is 11.3 Å². The van der Waals surface area contributed by atoms with Gasteiger partial charge in [-0.1, -0.05) is 0 Å². The molecule has 2 aliphatic heterocycles. The highest BCUT2D eigenvalue weighted by Gasteiger charge is 2.39. The Morgan fingerprint density at radius 2 is 2.30 bits per heavy atom. The van der Waals surface area contributed by atoms with E-state index in [-0.39, 0.29) is 11.3 Å². The van der Waals surface area contributed by atoms with Gasteiger partial charge < -0.3 is 14.5 Å². The van der Waals surface area contributed by atoms with Gasteiger partial charge in [0.25, 0.3) is 5.91 Å². The first-order chi connectivity index (χ1) is 9.69. The molecule has 1 aromatic heterocycles. The van der Waals surface area contributed by atoms with E-state index in [2.05, 4.69) is 11.9 Å². The van der Waals surface area contributed by atoms with Crippen LogP contribution in [0.25, 0.3) is 0 Å². The lowest BCUT2D eigenvalue weighted by atomic mass is 9.80. The highest BCUT2D eigenvalue weighted by atomic mass is 32.1. The largest absolute Gasteiger partial charge is 0.379 e. The molecule has 1 atom stereocenters. The maximum absolute atomic E-state index is 12.5. The monoisotopic (exact) mass is 294 g/mol. The van der Waals surface area contributed by atoms with Crippen molar-refractivity contribution in [2.24, 2.45) is 5.41 Å². The average molecular weight is 294 g/mol. The third kappa shape index (κ3) is 2.90. The number of amides is 1. The predicted octanol–water partition coefficient (Wildman–Crippen LogP) is 1.93. The fraction of sp³-hybridized carbons (Fsp3) is 0.667. The van der Waals surface area contributed by atoms with Crippen LogP contribution in [-0.2, 0) is 4.74 Å². The number of nitrogens with zero attached hydrogens (tertiary/aromatic N) is 2. The topological polar surface area (TPSA) is 32.8 Å². The van der Waals surface area contributed by atoms with Crippen LogP contribution in [0.15, 0.2) is 16.8 Å². The van der Waals surface area contributed by atoms with Gasteiger partial charge in [0.2, 0.25) is 0 Å². The number of likely N-dealkylation sites (tertiary alicyclic amines) is 1. The molecular weight excluding hydrogens is 272 g/mol. The Bertz CT molecular complexity index is 462. The molecule has 1 aromatic rings. The van der Waals surface area contributed by atoms with Gasteiger partial charge in [-0.3, -0.25) is 4.79 Å². The van der Waals surface area contributed by atoms with Gasteiger partial charge in [0, 0.05) is 37.0 Å². The fourth-order valence-corrected chi connectivity index (χ4v) is 4.03. The molecule has 1 spiro atoms. The third-order valence-electron chi connectivity index (χ3n) is 4.35. The summed E-state index contributed by atoms with van der Waals surface area (Å²) in [4.78, 5) is 16.9. The van der Waals surface area contributed by atoms with Crippen LogP contribution in [0.2, 0.25) is 0 Å². The second-order valence-electron chi connectivity index (χ2n) is 6.13. The van der Waals surface area contributed by atoms with Crippen molar-refractivity contribution >= 4 is 17.2 Å². The lowest BCUT2D eigenvalue weighted by Gasteiger charge is -2.43. The van der Waals surface area contributed by atoms with Crippen LogP contribution < -0.4 is 0 Å². The molecule has 2 aliphatic rings. The molecule has 3 rings (SSSR count). The summed E-state index contributed by atoms with van der Waals surface area (Å²) in [5.74, 6) is 0.178. The molecular formula is C15H22N2O2S. The standard InChI is InChI=1S/C15H22N2O2S/c1-16-6-7-19-12-15(10-16)4-2-5-17(11-15)14(18)13-3-8-20-9-13/h3,8-9H,2,4-7,10-12H2,1H3/t15-/m1/s1. The van der Waals surface area contributed by atoms with Gasteiger partial charge in [-0.25, -0.2) is 0 Å². The van der Waals surface area contributed by atoms with Gasteiger partial charge in [-0.2, -0.15) is 11.3 Å². The first-order valence-corrected chi connectivity index (χ1v) is 8.21. The van der Waals surface area contributed by atoms with E-state index in [1.165, 1.54) is 0 Å². The minimum atomic E-state index is 0.120. The van der Waals surface area contributed by atoms with E-state index in [0.29, 0.717) is 0 Å². The molecule has 5 heteroatoms. The number of hydrogen-bond donors (Lipinski definition) is 0. The number of likely N-dealkylation sites (N-methyl/N-ethyl adjacent to an activating group) is 1. The number of piperidine rings is 1. The minimum Gasteiger partial charge on any atom is -0.379 e. The van der Waals surface area contributed by atoms with Crippen molar-refractivity contribution < 1.29 is 9.53 Å². The van der Waals surface area contributed by atoms with E-state index in [1.807, 2.05) is 21.7 Å². The minimum absolute atomic E-state index is 0.120. The lowest BCUT2D eigenvalue weighted by molar-refractivity contribution is 0.00863. The molecule has 0 aliphatic carbocycles. The van der Waals surface area contributed by atoms with Crippen LogP contribution in [0.1, 0.15) is 23.2 Å². The first kappa shape index (κ1) is 14.0. The van der Waals surface area contributed by atoms with Gasteiger partial charge in [-0.05, 0) is 31.3 Å². The molecule has 2 fully saturated rings. The van der Waals surface area contributed by atoms with E-state index < -0.39 is 0 Å². The second-order valence-corrected chi connectivity index (χ2v) is 6.91. The van der Waals surface area contributed by atoms with Crippen LogP contribution in [0, 0.1) is 5.41 Å². The zero-order valence-corrected chi connectivity index (χ0v) is 12.8. The number of rotatable bonds is 1. The number of carbonyl (C=O) groups excluding carboxylic acids is 1. The number of ether oxygens (including phenoxy) is 1. The Hall–Kier alpha value is -0.910. The van der Waals surface area contributed by atoms with Crippen LogP contribution in [0.3, 0.4) is 0 Å². The molecule has 110 valence electrons. The summed E-state index contributed by atoms with van der Waals surface area (Å²) in [7, 11) is 2.15. The van der Waals surface area contributed by atoms with Crippen molar-refractivity contribution in [3.63, 3.8) is 0 Å². The first-order valence-electron chi connectivity index (χ1n) is 7.26. The van der Waals surface area contributed by atoms with Crippen LogP contribution in [0.5, 0.6) is 0 Å². The predicted molar refractivity (Wildman–Crippen MR) is 80.2 cm³/mol. The van der Waals surface area contributed by atoms with Crippen molar-refractivity contribution in [3.05, 3.63) is 22.4 Å². The van der Waals surface area contributed by atoms with E-state index >= 15 is 0 Å². The molecule has 0 bridgehead atoms. The zero-order valence-electron chi connectivity index (χ0n) is 12.0. The number of carbonyl (C=O) groups is 1. The summed E-state index contributed by atoms with van der Waals surface area (Å²) in [6, 6.07) is 1.92. The smallest absolute Gasteiger partial charge is 0.254 e. The molecule has 0 radical (unpaired) electrons. The molecule has 4 nitrogen and oxygen atoms in total. The van der Waals surface area contributed by atoms with Crippen molar-refractivity contribution in [1.29, 1.82) is 0 Å². The SMILES string of the molecule is CN1CCOC[C@]2(CCCN(C(=O)c3ccsc3)C2)C1. The molecule has 0 aromatic carbocycles. The Balaban J connectivity index is 1.74. The zero-order chi connectivity index (χ0) is 14.0. The fourth-order valence-electron chi connectivity index (χ4n) is 3.40. The van der Waals surface area contributed by atoms with Crippen molar-refractivity contribution in [1.82, 2.24) is 9.80 Å². The molecule has 3 heterocycles. The number of thiophene rings is 1. The summed E-state index contributed by atoms with van der Waals surface area (Å²) in [5.41, 5.74) is 0.949. The molecule has 2 saturated heterocycles. The van der Waals surface area contributed by atoms with Gasteiger partial charge >= 0.3 is 0 Å². The maximum Gasteiger partial charge on any atom is 0.254 e. The Kier molecular flexibility index (Phi) is 4.10. The Morgan fingerprint density at radius 1 is 1.40 bits per heavy atom. The van der Waals surface area contributed by atoms with Crippen LogP contribution in [0.4, 0.5) is 0 Å².